The van der Waals surface area contributed by atoms with Gasteiger partial charge >= 0.3 is 0 Å². The van der Waals surface area contributed by atoms with Gasteiger partial charge in [-0.1, -0.05) is 11.6 Å². The van der Waals surface area contributed by atoms with Crippen molar-refractivity contribution in [3.05, 3.63) is 53.9 Å². The molecule has 0 aliphatic carbocycles. The van der Waals surface area contributed by atoms with Gasteiger partial charge in [-0.3, -0.25) is 0 Å². The largest absolute Gasteiger partial charge is 0.439 e. The standard InChI is InChI=1S/C23H21ClN8O/c1-14-2-6-17(11-31(14)12-25)32-23-20(22(26)28-13-29-23)21(30-32)15-3-7-18(8-4-15)33-19-9-5-16(24)10-27-19/h3-5,7-10,13-14,17H,2,6,11H2,1H3,(H2,26,28,29)/t14-,17+/m1/s1. The molecule has 1 aromatic carbocycles. The number of pyridine rings is 1. The minimum Gasteiger partial charge on any atom is -0.439 e. The molecule has 9 nitrogen and oxygen atoms in total. The van der Waals surface area contributed by atoms with Gasteiger partial charge in [-0.25, -0.2) is 19.6 Å². The Labute approximate surface area is 195 Å². The summed E-state index contributed by atoms with van der Waals surface area (Å²) in [5.74, 6) is 1.45. The smallest absolute Gasteiger partial charge is 0.219 e. The van der Waals surface area contributed by atoms with Crippen LogP contribution < -0.4 is 10.5 Å². The molecule has 2 atom stereocenters. The molecular weight excluding hydrogens is 440 g/mol. The van der Waals surface area contributed by atoms with Crippen molar-refractivity contribution in [1.82, 2.24) is 29.6 Å². The average molecular weight is 461 g/mol. The number of fused-ring (bicyclic) bond motifs is 1. The predicted octanol–water partition coefficient (Wildman–Crippen LogP) is 4.42. The molecule has 0 bridgehead atoms. The van der Waals surface area contributed by atoms with Gasteiger partial charge in [-0.2, -0.15) is 10.4 Å². The van der Waals surface area contributed by atoms with Crippen LogP contribution >= 0.6 is 11.6 Å². The first-order chi connectivity index (χ1) is 16.0. The van der Waals surface area contributed by atoms with E-state index in [1.165, 1.54) is 12.5 Å². The number of anilines is 1. The molecule has 10 heteroatoms. The number of halogens is 1. The summed E-state index contributed by atoms with van der Waals surface area (Å²) in [6.45, 7) is 2.65. The Hall–Kier alpha value is -3.90. The van der Waals surface area contributed by atoms with E-state index in [9.17, 15) is 5.26 Å². The van der Waals surface area contributed by atoms with Crippen molar-refractivity contribution < 1.29 is 4.74 Å². The average Bonchev–Trinajstić information content (AvgIpc) is 3.22. The van der Waals surface area contributed by atoms with Gasteiger partial charge in [0, 0.05) is 23.9 Å². The molecule has 1 fully saturated rings. The molecule has 166 valence electrons. The first-order valence-corrected chi connectivity index (χ1v) is 11.0. The first kappa shape index (κ1) is 21.0. The number of rotatable bonds is 4. The summed E-state index contributed by atoms with van der Waals surface area (Å²) < 4.78 is 7.68. The number of piperidine rings is 1. The van der Waals surface area contributed by atoms with Gasteiger partial charge in [-0.05, 0) is 50.1 Å². The molecule has 0 amide bonds. The number of nitriles is 1. The molecule has 1 saturated heterocycles. The molecule has 4 aromatic rings. The minimum absolute atomic E-state index is 0.0185. The number of aromatic nitrogens is 5. The molecular formula is C23H21ClN8O. The highest BCUT2D eigenvalue weighted by atomic mass is 35.5. The number of benzene rings is 1. The minimum atomic E-state index is 0.0185. The van der Waals surface area contributed by atoms with Crippen LogP contribution in [0.1, 0.15) is 25.8 Å². The van der Waals surface area contributed by atoms with E-state index >= 15 is 0 Å². The summed E-state index contributed by atoms with van der Waals surface area (Å²) in [6.07, 6.45) is 7.08. The van der Waals surface area contributed by atoms with E-state index in [1.807, 2.05) is 28.9 Å². The molecule has 0 spiro atoms. The predicted molar refractivity (Wildman–Crippen MR) is 125 cm³/mol. The normalized spacial score (nSPS) is 18.3. The van der Waals surface area contributed by atoms with Gasteiger partial charge in [0.2, 0.25) is 5.88 Å². The van der Waals surface area contributed by atoms with E-state index in [4.69, 9.17) is 27.2 Å². The lowest BCUT2D eigenvalue weighted by atomic mass is 10.0. The van der Waals surface area contributed by atoms with E-state index < -0.39 is 0 Å². The summed E-state index contributed by atoms with van der Waals surface area (Å²) in [5, 5.41) is 15.6. The van der Waals surface area contributed by atoms with Crippen LogP contribution in [0, 0.1) is 11.5 Å². The maximum atomic E-state index is 9.49. The van der Waals surface area contributed by atoms with Crippen molar-refractivity contribution in [1.29, 1.82) is 5.26 Å². The lowest BCUT2D eigenvalue weighted by molar-refractivity contribution is 0.179. The Morgan fingerprint density at radius 1 is 1.12 bits per heavy atom. The summed E-state index contributed by atoms with van der Waals surface area (Å²) in [7, 11) is 0. The molecule has 0 radical (unpaired) electrons. The Bertz CT molecular complexity index is 1330. The topological polar surface area (TPSA) is 119 Å². The number of ether oxygens (including phenoxy) is 1. The zero-order valence-electron chi connectivity index (χ0n) is 17.9. The second kappa shape index (κ2) is 8.56. The van der Waals surface area contributed by atoms with Gasteiger partial charge in [0.15, 0.2) is 11.8 Å². The maximum absolute atomic E-state index is 9.49. The third kappa shape index (κ3) is 4.01. The Balaban J connectivity index is 1.49. The van der Waals surface area contributed by atoms with Crippen LogP contribution in [0.25, 0.3) is 22.3 Å². The van der Waals surface area contributed by atoms with E-state index in [0.717, 1.165) is 18.4 Å². The van der Waals surface area contributed by atoms with Crippen molar-refractivity contribution in [2.75, 3.05) is 12.3 Å². The maximum Gasteiger partial charge on any atom is 0.219 e. The van der Waals surface area contributed by atoms with Crippen molar-refractivity contribution in [2.45, 2.75) is 31.8 Å². The van der Waals surface area contributed by atoms with Crippen molar-refractivity contribution in [3.63, 3.8) is 0 Å². The second-order valence-corrected chi connectivity index (χ2v) is 8.46. The quantitative estimate of drug-likeness (QED) is 0.444. The fourth-order valence-electron chi connectivity index (χ4n) is 4.10. The van der Waals surface area contributed by atoms with E-state index in [2.05, 4.69) is 28.1 Å². The number of nitrogens with two attached hydrogens (primary N) is 1. The fraction of sp³-hybridized carbons (Fsp3) is 0.261. The summed E-state index contributed by atoms with van der Waals surface area (Å²) in [4.78, 5) is 14.6. The molecule has 1 aliphatic heterocycles. The van der Waals surface area contributed by atoms with E-state index in [0.29, 0.717) is 45.7 Å². The SMILES string of the molecule is C[C@@H]1CC[C@H](n2nc(-c3ccc(Oc4ccc(Cl)cn4)cc3)c3c(N)ncnc32)CN1C#N. The van der Waals surface area contributed by atoms with Crippen LogP contribution in [0.3, 0.4) is 0 Å². The Morgan fingerprint density at radius 3 is 2.67 bits per heavy atom. The van der Waals surface area contributed by atoms with Gasteiger partial charge in [-0.15, -0.1) is 0 Å². The molecule has 1 aliphatic rings. The van der Waals surface area contributed by atoms with Crippen LogP contribution in [0.15, 0.2) is 48.9 Å². The van der Waals surface area contributed by atoms with Crippen molar-refractivity contribution in [2.24, 2.45) is 0 Å². The molecule has 3 aromatic heterocycles. The van der Waals surface area contributed by atoms with Crippen LogP contribution in [-0.2, 0) is 0 Å². The lowest BCUT2D eigenvalue weighted by Crippen LogP contribution is -2.39. The monoisotopic (exact) mass is 460 g/mol. The molecule has 2 N–H and O–H groups in total. The number of nitrogen functional groups attached to an aromatic ring is 1. The number of nitrogens with zero attached hydrogens (tertiary/aromatic N) is 7. The highest BCUT2D eigenvalue weighted by molar-refractivity contribution is 6.30. The number of likely N-dealkylation sites (tertiary alicyclic amines) is 1. The van der Waals surface area contributed by atoms with E-state index in [1.54, 1.807) is 17.0 Å². The van der Waals surface area contributed by atoms with Gasteiger partial charge < -0.3 is 15.4 Å². The number of hydrogen-bond acceptors (Lipinski definition) is 8. The highest BCUT2D eigenvalue weighted by Gasteiger charge is 2.29. The highest BCUT2D eigenvalue weighted by Crippen LogP contribution is 2.35. The zero-order chi connectivity index (χ0) is 22.9. The van der Waals surface area contributed by atoms with Crippen LogP contribution in [0.4, 0.5) is 5.82 Å². The van der Waals surface area contributed by atoms with E-state index in [-0.39, 0.29) is 12.1 Å². The molecule has 4 heterocycles. The van der Waals surface area contributed by atoms with Crippen molar-refractivity contribution >= 4 is 28.5 Å². The Kier molecular flexibility index (Phi) is 5.44. The van der Waals surface area contributed by atoms with Crippen LogP contribution in [0.5, 0.6) is 11.6 Å². The molecule has 0 unspecified atom stereocenters. The molecule has 5 rings (SSSR count). The third-order valence-corrected chi connectivity index (χ3v) is 6.12. The fourth-order valence-corrected chi connectivity index (χ4v) is 4.21. The van der Waals surface area contributed by atoms with Crippen LogP contribution in [0.2, 0.25) is 5.02 Å². The van der Waals surface area contributed by atoms with Gasteiger partial charge in [0.1, 0.15) is 23.6 Å². The summed E-state index contributed by atoms with van der Waals surface area (Å²) in [5.41, 5.74) is 8.47. The molecule has 33 heavy (non-hydrogen) atoms. The number of hydrogen-bond donors (Lipinski definition) is 1. The second-order valence-electron chi connectivity index (χ2n) is 8.02. The zero-order valence-corrected chi connectivity index (χ0v) is 18.6. The molecule has 0 saturated carbocycles. The summed E-state index contributed by atoms with van der Waals surface area (Å²) >= 11 is 5.88. The first-order valence-electron chi connectivity index (χ1n) is 10.6. The lowest BCUT2D eigenvalue weighted by Gasteiger charge is -2.34. The van der Waals surface area contributed by atoms with Crippen LogP contribution in [-0.4, -0.2) is 42.2 Å². The van der Waals surface area contributed by atoms with Gasteiger partial charge in [0.05, 0.1) is 23.0 Å². The Morgan fingerprint density at radius 2 is 1.94 bits per heavy atom. The summed E-state index contributed by atoms with van der Waals surface area (Å²) in [6, 6.07) is 11.2. The van der Waals surface area contributed by atoms with Crippen molar-refractivity contribution in [3.8, 4) is 29.1 Å². The third-order valence-electron chi connectivity index (χ3n) is 5.90. The van der Waals surface area contributed by atoms with Gasteiger partial charge in [0.25, 0.3) is 0 Å².